The molecule has 0 saturated heterocycles. The molecule has 1 aromatic carbocycles. The summed E-state index contributed by atoms with van der Waals surface area (Å²) in [6.45, 7) is 5.05. The fraction of sp³-hybridized carbons (Fsp3) is 0.333. The summed E-state index contributed by atoms with van der Waals surface area (Å²) in [7, 11) is 0. The Morgan fingerprint density at radius 2 is 1.76 bits per heavy atom. The van der Waals surface area contributed by atoms with Crippen LogP contribution in [-0.4, -0.2) is 29.1 Å². The van der Waals surface area contributed by atoms with Gasteiger partial charge in [0.1, 0.15) is 0 Å². The smallest absolute Gasteiger partial charge is 0.325 e. The van der Waals surface area contributed by atoms with Crippen LogP contribution in [0.1, 0.15) is 24.2 Å². The number of carbonyl (C=O) groups excluding carboxylic acids is 2. The molecule has 0 unspecified atom stereocenters. The van der Waals surface area contributed by atoms with Crippen LogP contribution in [0.2, 0.25) is 0 Å². The average molecular weight is 252 g/mol. The Bertz CT molecular complexity index is 377. The lowest BCUT2D eigenvalue weighted by Gasteiger charge is -2.18. The van der Waals surface area contributed by atoms with Crippen molar-refractivity contribution in [3.8, 4) is 0 Å². The fourth-order valence-electron chi connectivity index (χ4n) is 1.30. The van der Waals surface area contributed by atoms with Gasteiger partial charge < -0.3 is 4.90 Å². The molecule has 0 aliphatic rings. The molecule has 4 nitrogen and oxygen atoms in total. The summed E-state index contributed by atoms with van der Waals surface area (Å²) in [5, 5.41) is -0.161. The first-order valence-electron chi connectivity index (χ1n) is 5.50. The van der Waals surface area contributed by atoms with E-state index in [1.807, 2.05) is 19.9 Å². The standard InChI is InChI=1S/C12H16N2O2S/c1-3-14(4-2)12(16)13-17-11(15)10-8-6-5-7-9-10/h5-9H,3-4H2,1-2H3,(H,13,16). The van der Waals surface area contributed by atoms with Gasteiger partial charge in [-0.1, -0.05) is 30.3 Å². The number of rotatable bonds is 3. The zero-order valence-corrected chi connectivity index (χ0v) is 10.8. The summed E-state index contributed by atoms with van der Waals surface area (Å²) in [6, 6.07) is 8.64. The second-order valence-electron chi connectivity index (χ2n) is 3.34. The van der Waals surface area contributed by atoms with Gasteiger partial charge >= 0.3 is 6.03 Å². The van der Waals surface area contributed by atoms with Gasteiger partial charge in [0.2, 0.25) is 5.12 Å². The Kier molecular flexibility index (Phi) is 5.56. The van der Waals surface area contributed by atoms with Crippen LogP contribution in [-0.2, 0) is 0 Å². The first-order valence-corrected chi connectivity index (χ1v) is 6.31. The second-order valence-corrected chi connectivity index (χ2v) is 4.11. The molecule has 5 heteroatoms. The minimum atomic E-state index is -0.232. The molecular weight excluding hydrogens is 236 g/mol. The highest BCUT2D eigenvalue weighted by molar-refractivity contribution is 8.12. The third kappa shape index (κ3) is 4.11. The molecule has 0 bridgehead atoms. The quantitative estimate of drug-likeness (QED) is 0.841. The summed E-state index contributed by atoms with van der Waals surface area (Å²) >= 11 is 0.817. The number of amides is 2. The van der Waals surface area contributed by atoms with E-state index in [0.717, 1.165) is 11.9 Å². The number of nitrogens with zero attached hydrogens (tertiary/aromatic N) is 1. The van der Waals surface area contributed by atoms with E-state index in [4.69, 9.17) is 0 Å². The highest BCUT2D eigenvalue weighted by Crippen LogP contribution is 2.09. The number of benzene rings is 1. The number of urea groups is 1. The topological polar surface area (TPSA) is 49.4 Å². The van der Waals surface area contributed by atoms with Crippen LogP contribution in [0.5, 0.6) is 0 Å². The lowest BCUT2D eigenvalue weighted by molar-refractivity contribution is 0.108. The molecule has 92 valence electrons. The van der Waals surface area contributed by atoms with E-state index in [2.05, 4.69) is 4.72 Å². The van der Waals surface area contributed by atoms with Gasteiger partial charge in [-0.05, 0) is 13.8 Å². The minimum Gasteiger partial charge on any atom is -0.325 e. The largest absolute Gasteiger partial charge is 0.327 e. The van der Waals surface area contributed by atoms with Crippen molar-refractivity contribution >= 4 is 23.1 Å². The van der Waals surface area contributed by atoms with Crippen LogP contribution in [0.3, 0.4) is 0 Å². The van der Waals surface area contributed by atoms with E-state index in [9.17, 15) is 9.59 Å². The SMILES string of the molecule is CCN(CC)C(=O)NSC(=O)c1ccccc1. The van der Waals surface area contributed by atoms with Crippen molar-refractivity contribution in [3.05, 3.63) is 35.9 Å². The van der Waals surface area contributed by atoms with Crippen LogP contribution in [0.25, 0.3) is 0 Å². The zero-order valence-electron chi connectivity index (χ0n) is 9.97. The zero-order chi connectivity index (χ0) is 12.7. The third-order valence-corrected chi connectivity index (χ3v) is 2.99. The van der Waals surface area contributed by atoms with E-state index in [0.29, 0.717) is 18.7 Å². The Labute approximate surface area is 106 Å². The van der Waals surface area contributed by atoms with Crippen LogP contribution >= 0.6 is 11.9 Å². The maximum atomic E-state index is 11.7. The first kappa shape index (κ1) is 13.6. The molecule has 17 heavy (non-hydrogen) atoms. The molecule has 0 radical (unpaired) electrons. The van der Waals surface area contributed by atoms with Gasteiger partial charge in [0.25, 0.3) is 0 Å². The summed E-state index contributed by atoms with van der Waals surface area (Å²) in [5.41, 5.74) is 0.581. The number of carbonyl (C=O) groups is 2. The molecule has 1 N–H and O–H groups in total. The van der Waals surface area contributed by atoms with E-state index >= 15 is 0 Å². The molecule has 1 rings (SSSR count). The van der Waals surface area contributed by atoms with Gasteiger partial charge in [-0.15, -0.1) is 0 Å². The highest BCUT2D eigenvalue weighted by atomic mass is 32.2. The molecule has 0 aromatic heterocycles. The maximum Gasteiger partial charge on any atom is 0.327 e. The van der Waals surface area contributed by atoms with Crippen LogP contribution in [0.4, 0.5) is 4.79 Å². The van der Waals surface area contributed by atoms with Gasteiger partial charge in [0, 0.05) is 30.6 Å². The molecule has 0 aliphatic carbocycles. The molecule has 1 aromatic rings. The Balaban J connectivity index is 2.46. The van der Waals surface area contributed by atoms with Crippen molar-refractivity contribution in [1.82, 2.24) is 9.62 Å². The third-order valence-electron chi connectivity index (χ3n) is 2.29. The first-order chi connectivity index (χ1) is 8.19. The van der Waals surface area contributed by atoms with Gasteiger partial charge in [-0.3, -0.25) is 9.52 Å². The lowest BCUT2D eigenvalue weighted by atomic mass is 10.2. The van der Waals surface area contributed by atoms with E-state index < -0.39 is 0 Å². The summed E-state index contributed by atoms with van der Waals surface area (Å²) in [5.74, 6) is 0. The molecule has 0 atom stereocenters. The fourth-order valence-corrected chi connectivity index (χ4v) is 1.86. The van der Waals surface area contributed by atoms with Crippen molar-refractivity contribution in [3.63, 3.8) is 0 Å². The van der Waals surface area contributed by atoms with Crippen molar-refractivity contribution in [1.29, 1.82) is 0 Å². The van der Waals surface area contributed by atoms with Crippen molar-refractivity contribution in [2.45, 2.75) is 13.8 Å². The second kappa shape index (κ2) is 6.96. The minimum absolute atomic E-state index is 0.161. The highest BCUT2D eigenvalue weighted by Gasteiger charge is 2.12. The molecule has 2 amide bonds. The van der Waals surface area contributed by atoms with Crippen molar-refractivity contribution in [2.24, 2.45) is 0 Å². The van der Waals surface area contributed by atoms with Crippen LogP contribution in [0.15, 0.2) is 30.3 Å². The maximum absolute atomic E-state index is 11.7. The molecule has 0 aliphatic heterocycles. The van der Waals surface area contributed by atoms with E-state index in [1.165, 1.54) is 0 Å². The number of hydrogen-bond acceptors (Lipinski definition) is 3. The van der Waals surface area contributed by atoms with Crippen molar-refractivity contribution in [2.75, 3.05) is 13.1 Å². The van der Waals surface area contributed by atoms with Gasteiger partial charge in [-0.2, -0.15) is 0 Å². The van der Waals surface area contributed by atoms with Crippen LogP contribution in [0, 0.1) is 0 Å². The predicted molar refractivity (Wildman–Crippen MR) is 69.8 cm³/mol. The molecular formula is C12H16N2O2S. The monoisotopic (exact) mass is 252 g/mol. The van der Waals surface area contributed by atoms with Gasteiger partial charge in [0.15, 0.2) is 0 Å². The van der Waals surface area contributed by atoms with Gasteiger partial charge in [0.05, 0.1) is 0 Å². The van der Waals surface area contributed by atoms with Gasteiger partial charge in [-0.25, -0.2) is 4.79 Å². The van der Waals surface area contributed by atoms with Crippen LogP contribution < -0.4 is 4.72 Å². The number of hydrogen-bond donors (Lipinski definition) is 1. The summed E-state index contributed by atoms with van der Waals surface area (Å²) < 4.78 is 2.54. The predicted octanol–water partition coefficient (Wildman–Crippen LogP) is 2.53. The summed E-state index contributed by atoms with van der Waals surface area (Å²) in [4.78, 5) is 24.9. The molecule has 0 fully saturated rings. The molecule has 0 spiro atoms. The Morgan fingerprint density at radius 3 is 2.29 bits per heavy atom. The Morgan fingerprint density at radius 1 is 1.18 bits per heavy atom. The Hall–Kier alpha value is -1.49. The lowest BCUT2D eigenvalue weighted by Crippen LogP contribution is -2.37. The van der Waals surface area contributed by atoms with Crippen molar-refractivity contribution < 1.29 is 9.59 Å². The average Bonchev–Trinajstić information content (AvgIpc) is 2.38. The molecule has 0 heterocycles. The number of nitrogens with one attached hydrogen (secondary N) is 1. The van der Waals surface area contributed by atoms with E-state index in [-0.39, 0.29) is 11.1 Å². The summed E-state index contributed by atoms with van der Waals surface area (Å²) in [6.07, 6.45) is 0. The molecule has 0 saturated carbocycles. The van der Waals surface area contributed by atoms with E-state index in [1.54, 1.807) is 29.2 Å². The normalized spacial score (nSPS) is 9.76.